The molecule has 0 bridgehead atoms. The molecule has 0 unspecified atom stereocenters. The predicted octanol–water partition coefficient (Wildman–Crippen LogP) is 0.849. The number of anilines is 2. The Morgan fingerprint density at radius 3 is 2.63 bits per heavy atom. The van der Waals surface area contributed by atoms with E-state index in [4.69, 9.17) is 14.2 Å². The highest BCUT2D eigenvalue weighted by molar-refractivity contribution is 5.90. The number of hydrogen-bond acceptors (Lipinski definition) is 7. The Kier molecular flexibility index (Phi) is 6.07. The molecule has 0 radical (unpaired) electrons. The van der Waals surface area contributed by atoms with Crippen molar-refractivity contribution in [3.63, 3.8) is 0 Å². The standard InChI is InChI=1S/C20H26FN3O6/c21-17-9-15(24-11-16(10-22-13-26)30-19(24)27)1-2-18(17)23-5-3-14(4-6-23)20(12-25)28-7-8-29-20/h1-2,9,13-14,16,25H,3-8,10-12H2,(H,22,26)/t16-/m0/s1. The Balaban J connectivity index is 1.40. The minimum Gasteiger partial charge on any atom is -0.442 e. The van der Waals surface area contributed by atoms with Gasteiger partial charge in [0.05, 0.1) is 44.3 Å². The van der Waals surface area contributed by atoms with Gasteiger partial charge in [0.25, 0.3) is 0 Å². The Labute approximate surface area is 173 Å². The van der Waals surface area contributed by atoms with Gasteiger partial charge in [0.2, 0.25) is 6.41 Å². The predicted molar refractivity (Wildman–Crippen MR) is 105 cm³/mol. The molecule has 4 rings (SSSR count). The van der Waals surface area contributed by atoms with Crippen molar-refractivity contribution in [1.82, 2.24) is 5.32 Å². The molecule has 30 heavy (non-hydrogen) atoms. The first-order valence-electron chi connectivity index (χ1n) is 10.1. The van der Waals surface area contributed by atoms with Crippen LogP contribution < -0.4 is 15.1 Å². The summed E-state index contributed by atoms with van der Waals surface area (Å²) in [4.78, 5) is 25.8. The number of hydrogen-bond donors (Lipinski definition) is 2. The highest BCUT2D eigenvalue weighted by Gasteiger charge is 2.45. The molecule has 0 saturated carbocycles. The number of ether oxygens (including phenoxy) is 3. The second kappa shape index (κ2) is 8.75. The smallest absolute Gasteiger partial charge is 0.414 e. The summed E-state index contributed by atoms with van der Waals surface area (Å²) in [5.41, 5.74) is 0.881. The van der Waals surface area contributed by atoms with Gasteiger partial charge in [-0.3, -0.25) is 9.69 Å². The Morgan fingerprint density at radius 1 is 1.27 bits per heavy atom. The normalized spacial score (nSPS) is 24.2. The molecule has 0 aromatic heterocycles. The second-order valence-electron chi connectivity index (χ2n) is 7.71. The van der Waals surface area contributed by atoms with E-state index in [1.54, 1.807) is 12.1 Å². The third-order valence-electron chi connectivity index (χ3n) is 6.00. The molecule has 9 nitrogen and oxygen atoms in total. The third kappa shape index (κ3) is 3.94. The van der Waals surface area contributed by atoms with Crippen LogP contribution in [0.1, 0.15) is 12.8 Å². The number of carbonyl (C=O) groups is 2. The number of halogens is 1. The summed E-state index contributed by atoms with van der Waals surface area (Å²) >= 11 is 0. The maximum atomic E-state index is 14.9. The largest absolute Gasteiger partial charge is 0.442 e. The molecule has 10 heteroatoms. The number of carbonyl (C=O) groups excluding carboxylic acids is 2. The van der Waals surface area contributed by atoms with Crippen LogP contribution in [0.3, 0.4) is 0 Å². The van der Waals surface area contributed by atoms with Crippen molar-refractivity contribution < 1.29 is 33.3 Å². The van der Waals surface area contributed by atoms with Crippen LogP contribution >= 0.6 is 0 Å². The van der Waals surface area contributed by atoms with E-state index in [9.17, 15) is 19.1 Å². The van der Waals surface area contributed by atoms with Crippen LogP contribution in [-0.2, 0) is 19.0 Å². The summed E-state index contributed by atoms with van der Waals surface area (Å²) in [5.74, 6) is -1.29. The van der Waals surface area contributed by atoms with Crippen LogP contribution in [0.15, 0.2) is 18.2 Å². The van der Waals surface area contributed by atoms with Gasteiger partial charge in [-0.05, 0) is 31.0 Å². The Bertz CT molecular complexity index is 780. The SMILES string of the molecule is O=CNC[C@H]1CN(c2ccc(N3CCC(C4(CO)OCCO4)CC3)c(F)c2)C(=O)O1. The van der Waals surface area contributed by atoms with E-state index in [2.05, 4.69) is 5.32 Å². The van der Waals surface area contributed by atoms with Crippen LogP contribution in [0.25, 0.3) is 0 Å². The molecule has 3 saturated heterocycles. The fourth-order valence-electron chi connectivity index (χ4n) is 4.43. The molecule has 3 heterocycles. The first kappa shape index (κ1) is 20.8. The molecule has 0 aliphatic carbocycles. The fraction of sp³-hybridized carbons (Fsp3) is 0.600. The highest BCUT2D eigenvalue weighted by atomic mass is 19.1. The van der Waals surface area contributed by atoms with Crippen LogP contribution in [-0.4, -0.2) is 75.5 Å². The number of rotatable bonds is 7. The summed E-state index contributed by atoms with van der Waals surface area (Å²) < 4.78 is 31.4. The van der Waals surface area contributed by atoms with Gasteiger partial charge in [0, 0.05) is 19.0 Å². The van der Waals surface area contributed by atoms with Gasteiger partial charge in [-0.15, -0.1) is 0 Å². The van der Waals surface area contributed by atoms with Crippen molar-refractivity contribution in [1.29, 1.82) is 0 Å². The summed E-state index contributed by atoms with van der Waals surface area (Å²) in [6.07, 6.45) is 0.938. The van der Waals surface area contributed by atoms with E-state index in [0.29, 0.717) is 56.9 Å². The van der Waals surface area contributed by atoms with Gasteiger partial charge in [-0.25, -0.2) is 9.18 Å². The number of aliphatic hydroxyl groups excluding tert-OH is 1. The van der Waals surface area contributed by atoms with Crippen LogP contribution in [0.2, 0.25) is 0 Å². The van der Waals surface area contributed by atoms with Crippen molar-refractivity contribution in [2.45, 2.75) is 24.7 Å². The molecule has 3 aliphatic rings. The van der Waals surface area contributed by atoms with Gasteiger partial charge >= 0.3 is 6.09 Å². The number of amides is 2. The van der Waals surface area contributed by atoms with Crippen molar-refractivity contribution in [3.05, 3.63) is 24.0 Å². The molecular weight excluding hydrogens is 397 g/mol. The lowest BCUT2D eigenvalue weighted by atomic mass is 9.88. The Hall–Kier alpha value is -2.43. The number of nitrogens with zero attached hydrogens (tertiary/aromatic N) is 2. The molecule has 164 valence electrons. The highest BCUT2D eigenvalue weighted by Crippen LogP contribution is 2.37. The Morgan fingerprint density at radius 2 is 2.00 bits per heavy atom. The lowest BCUT2D eigenvalue weighted by molar-refractivity contribution is -0.221. The molecular formula is C20H26FN3O6. The number of aliphatic hydroxyl groups is 1. The van der Waals surface area contributed by atoms with Crippen LogP contribution in [0, 0.1) is 11.7 Å². The monoisotopic (exact) mass is 423 g/mol. The van der Waals surface area contributed by atoms with E-state index in [1.807, 2.05) is 4.90 Å². The molecule has 1 aromatic rings. The molecule has 2 N–H and O–H groups in total. The van der Waals surface area contributed by atoms with E-state index < -0.39 is 23.8 Å². The topological polar surface area (TPSA) is 101 Å². The molecule has 3 aliphatic heterocycles. The van der Waals surface area contributed by atoms with Crippen LogP contribution in [0.4, 0.5) is 20.6 Å². The number of benzene rings is 1. The lowest BCUT2D eigenvalue weighted by Crippen LogP contribution is -2.48. The zero-order valence-corrected chi connectivity index (χ0v) is 16.6. The molecule has 1 aromatic carbocycles. The van der Waals surface area contributed by atoms with Gasteiger partial charge < -0.3 is 29.5 Å². The summed E-state index contributed by atoms with van der Waals surface area (Å²) in [5, 5.41) is 12.2. The molecule has 3 fully saturated rings. The first-order chi connectivity index (χ1) is 14.6. The van der Waals surface area contributed by atoms with E-state index in [1.165, 1.54) is 11.0 Å². The van der Waals surface area contributed by atoms with Gasteiger partial charge in [0.15, 0.2) is 5.79 Å². The summed E-state index contributed by atoms with van der Waals surface area (Å²) in [6.45, 7) is 2.44. The number of piperidine rings is 1. The van der Waals surface area contributed by atoms with Gasteiger partial charge in [-0.1, -0.05) is 0 Å². The quantitative estimate of drug-likeness (QED) is 0.627. The minimum absolute atomic E-state index is 0.0554. The molecule has 1 atom stereocenters. The van der Waals surface area contributed by atoms with E-state index in [-0.39, 0.29) is 25.6 Å². The van der Waals surface area contributed by atoms with E-state index in [0.717, 1.165) is 0 Å². The molecule has 0 spiro atoms. The first-order valence-corrected chi connectivity index (χ1v) is 10.1. The van der Waals surface area contributed by atoms with Crippen molar-refractivity contribution in [2.75, 3.05) is 55.8 Å². The maximum Gasteiger partial charge on any atom is 0.414 e. The number of nitrogens with one attached hydrogen (secondary N) is 1. The zero-order valence-electron chi connectivity index (χ0n) is 16.6. The van der Waals surface area contributed by atoms with Crippen LogP contribution in [0.5, 0.6) is 0 Å². The lowest BCUT2D eigenvalue weighted by Gasteiger charge is -2.40. The summed E-state index contributed by atoms with van der Waals surface area (Å²) in [6, 6.07) is 4.69. The average molecular weight is 423 g/mol. The minimum atomic E-state index is -0.931. The van der Waals surface area contributed by atoms with Gasteiger partial charge in [0.1, 0.15) is 11.9 Å². The summed E-state index contributed by atoms with van der Waals surface area (Å²) in [7, 11) is 0. The van der Waals surface area contributed by atoms with E-state index >= 15 is 0 Å². The van der Waals surface area contributed by atoms with Gasteiger partial charge in [-0.2, -0.15) is 0 Å². The second-order valence-corrected chi connectivity index (χ2v) is 7.71. The third-order valence-corrected chi connectivity index (χ3v) is 6.00. The molecule has 2 amide bonds. The maximum absolute atomic E-state index is 14.9. The van der Waals surface area contributed by atoms with Crippen molar-refractivity contribution in [2.24, 2.45) is 5.92 Å². The van der Waals surface area contributed by atoms with Crippen molar-refractivity contribution in [3.8, 4) is 0 Å². The number of cyclic esters (lactones) is 1. The van der Waals surface area contributed by atoms with Crippen molar-refractivity contribution >= 4 is 23.9 Å². The average Bonchev–Trinajstić information content (AvgIpc) is 3.40. The fourth-order valence-corrected chi connectivity index (χ4v) is 4.43. The zero-order chi connectivity index (χ0) is 21.1.